The van der Waals surface area contributed by atoms with Gasteiger partial charge >= 0.3 is 0 Å². The van der Waals surface area contributed by atoms with Crippen molar-refractivity contribution in [3.05, 3.63) is 60.2 Å². The first-order valence-electron chi connectivity index (χ1n) is 9.41. The highest BCUT2D eigenvalue weighted by Crippen LogP contribution is 2.26. The normalized spacial score (nSPS) is 15.2. The van der Waals surface area contributed by atoms with Gasteiger partial charge in [-0.15, -0.1) is 0 Å². The largest absolute Gasteiger partial charge is 0.494 e. The topological polar surface area (TPSA) is 21.3 Å². The van der Waals surface area contributed by atoms with Crippen LogP contribution in [0.1, 0.15) is 44.1 Å². The van der Waals surface area contributed by atoms with E-state index >= 15 is 0 Å². The molecule has 0 atom stereocenters. The lowest BCUT2D eigenvalue weighted by Crippen LogP contribution is -2.10. The second kappa shape index (κ2) is 9.36. The Morgan fingerprint density at radius 2 is 1.62 bits per heavy atom. The molecule has 3 rings (SSSR count). The number of anilines is 1. The monoisotopic (exact) mass is 323 g/mol. The van der Waals surface area contributed by atoms with E-state index in [2.05, 4.69) is 59.9 Å². The Labute approximate surface area is 146 Å². The smallest absolute Gasteiger partial charge is 0.119 e. The van der Waals surface area contributed by atoms with Crippen LogP contribution in [-0.2, 0) is 6.42 Å². The SMILES string of the molecule is c1ccc(CCNc2ccc(OCCC3CCCCC3)cc2)cc1. The van der Waals surface area contributed by atoms with Crippen molar-refractivity contribution in [2.45, 2.75) is 44.9 Å². The van der Waals surface area contributed by atoms with Crippen LogP contribution in [0, 0.1) is 5.92 Å². The second-order valence-electron chi connectivity index (χ2n) is 6.83. The van der Waals surface area contributed by atoms with Gasteiger partial charge in [-0.3, -0.25) is 0 Å². The van der Waals surface area contributed by atoms with Gasteiger partial charge in [0.05, 0.1) is 6.61 Å². The van der Waals surface area contributed by atoms with Crippen LogP contribution in [0.3, 0.4) is 0 Å². The lowest BCUT2D eigenvalue weighted by Gasteiger charge is -2.21. The van der Waals surface area contributed by atoms with Crippen LogP contribution in [0.15, 0.2) is 54.6 Å². The van der Waals surface area contributed by atoms with Crippen LogP contribution >= 0.6 is 0 Å². The minimum absolute atomic E-state index is 0.853. The van der Waals surface area contributed by atoms with E-state index in [-0.39, 0.29) is 0 Å². The molecule has 0 bridgehead atoms. The molecule has 0 amide bonds. The van der Waals surface area contributed by atoms with Gasteiger partial charge in [0.25, 0.3) is 0 Å². The van der Waals surface area contributed by atoms with Crippen LogP contribution < -0.4 is 10.1 Å². The van der Waals surface area contributed by atoms with Crippen molar-refractivity contribution in [2.75, 3.05) is 18.5 Å². The maximum atomic E-state index is 5.91. The Bertz CT molecular complexity index is 573. The van der Waals surface area contributed by atoms with Crippen LogP contribution in [-0.4, -0.2) is 13.2 Å². The summed E-state index contributed by atoms with van der Waals surface area (Å²) in [6, 6.07) is 19.0. The van der Waals surface area contributed by atoms with Crippen LogP contribution in [0.5, 0.6) is 5.75 Å². The molecule has 2 heteroatoms. The molecule has 0 spiro atoms. The summed E-state index contributed by atoms with van der Waals surface area (Å²) in [5, 5.41) is 3.47. The van der Waals surface area contributed by atoms with Crippen molar-refractivity contribution in [1.29, 1.82) is 0 Å². The highest BCUT2D eigenvalue weighted by atomic mass is 16.5. The summed E-state index contributed by atoms with van der Waals surface area (Å²) in [4.78, 5) is 0. The highest BCUT2D eigenvalue weighted by Gasteiger charge is 2.12. The van der Waals surface area contributed by atoms with Gasteiger partial charge in [0, 0.05) is 12.2 Å². The first-order valence-corrected chi connectivity index (χ1v) is 9.41. The summed E-state index contributed by atoms with van der Waals surface area (Å²) in [6.07, 6.45) is 9.29. The molecule has 0 aromatic heterocycles. The molecule has 2 aromatic rings. The first kappa shape index (κ1) is 16.9. The molecule has 1 saturated carbocycles. The maximum absolute atomic E-state index is 5.91. The molecule has 0 aliphatic heterocycles. The molecule has 1 fully saturated rings. The Kier molecular flexibility index (Phi) is 6.59. The van der Waals surface area contributed by atoms with E-state index in [0.717, 1.165) is 36.9 Å². The van der Waals surface area contributed by atoms with Crippen LogP contribution in [0.25, 0.3) is 0 Å². The van der Waals surface area contributed by atoms with Crippen LogP contribution in [0.2, 0.25) is 0 Å². The lowest BCUT2D eigenvalue weighted by atomic mass is 9.87. The number of benzene rings is 2. The highest BCUT2D eigenvalue weighted by molar-refractivity contribution is 5.46. The van der Waals surface area contributed by atoms with E-state index in [1.54, 1.807) is 0 Å². The van der Waals surface area contributed by atoms with Gasteiger partial charge in [-0.2, -0.15) is 0 Å². The third-order valence-corrected chi connectivity index (χ3v) is 4.96. The quantitative estimate of drug-likeness (QED) is 0.674. The lowest BCUT2D eigenvalue weighted by molar-refractivity contribution is 0.246. The van der Waals surface area contributed by atoms with Gasteiger partial charge in [-0.25, -0.2) is 0 Å². The van der Waals surface area contributed by atoms with Gasteiger partial charge in [0.15, 0.2) is 0 Å². The maximum Gasteiger partial charge on any atom is 0.119 e. The molecular formula is C22H29NO. The first-order chi connectivity index (χ1) is 11.9. The Morgan fingerprint density at radius 1 is 0.875 bits per heavy atom. The van der Waals surface area contributed by atoms with Gasteiger partial charge in [-0.05, 0) is 48.6 Å². The minimum Gasteiger partial charge on any atom is -0.494 e. The average Bonchev–Trinajstić information content (AvgIpc) is 2.65. The van der Waals surface area contributed by atoms with E-state index in [9.17, 15) is 0 Å². The van der Waals surface area contributed by atoms with E-state index in [1.807, 2.05) is 0 Å². The van der Waals surface area contributed by atoms with Crippen LogP contribution in [0.4, 0.5) is 5.69 Å². The predicted octanol–water partition coefficient (Wildman–Crippen LogP) is 5.69. The van der Waals surface area contributed by atoms with Crippen molar-refractivity contribution >= 4 is 5.69 Å². The third kappa shape index (κ3) is 5.59. The summed E-state index contributed by atoms with van der Waals surface area (Å²) < 4.78 is 5.91. The zero-order valence-corrected chi connectivity index (χ0v) is 14.5. The van der Waals surface area contributed by atoms with Gasteiger partial charge in [-0.1, -0.05) is 62.4 Å². The molecule has 1 aliphatic carbocycles. The Hall–Kier alpha value is -1.96. The van der Waals surface area contributed by atoms with Gasteiger partial charge < -0.3 is 10.1 Å². The molecule has 1 aliphatic rings. The molecule has 0 heterocycles. The summed E-state index contributed by atoms with van der Waals surface area (Å²) in [7, 11) is 0. The zero-order chi connectivity index (χ0) is 16.5. The fourth-order valence-corrected chi connectivity index (χ4v) is 3.48. The van der Waals surface area contributed by atoms with Crippen molar-refractivity contribution in [1.82, 2.24) is 0 Å². The molecule has 1 N–H and O–H groups in total. The van der Waals surface area contributed by atoms with Crippen molar-refractivity contribution in [3.8, 4) is 5.75 Å². The summed E-state index contributed by atoms with van der Waals surface area (Å²) >= 11 is 0. The molecule has 0 unspecified atom stereocenters. The van der Waals surface area contributed by atoms with Gasteiger partial charge in [0.2, 0.25) is 0 Å². The molecule has 2 aromatic carbocycles. The molecule has 2 nitrogen and oxygen atoms in total. The Morgan fingerprint density at radius 3 is 2.38 bits per heavy atom. The number of ether oxygens (including phenoxy) is 1. The zero-order valence-electron chi connectivity index (χ0n) is 14.5. The summed E-state index contributed by atoms with van der Waals surface area (Å²) in [5.41, 5.74) is 2.53. The number of hydrogen-bond acceptors (Lipinski definition) is 2. The second-order valence-corrected chi connectivity index (χ2v) is 6.83. The van der Waals surface area contributed by atoms with E-state index in [0.29, 0.717) is 0 Å². The van der Waals surface area contributed by atoms with Gasteiger partial charge in [0.1, 0.15) is 5.75 Å². The number of rotatable bonds is 8. The Balaban J connectivity index is 1.35. The minimum atomic E-state index is 0.853. The fraction of sp³-hybridized carbons (Fsp3) is 0.455. The van der Waals surface area contributed by atoms with E-state index in [4.69, 9.17) is 4.74 Å². The summed E-state index contributed by atoms with van der Waals surface area (Å²) in [5.74, 6) is 1.87. The number of hydrogen-bond donors (Lipinski definition) is 1. The molecule has 0 saturated heterocycles. The van der Waals surface area contributed by atoms with Crippen molar-refractivity contribution in [2.24, 2.45) is 5.92 Å². The fourth-order valence-electron chi connectivity index (χ4n) is 3.48. The molecule has 128 valence electrons. The molecule has 24 heavy (non-hydrogen) atoms. The summed E-state index contributed by atoms with van der Waals surface area (Å²) in [6.45, 7) is 1.80. The van der Waals surface area contributed by atoms with E-state index in [1.165, 1.54) is 44.1 Å². The standard InChI is InChI=1S/C22H29NO/c1-3-7-19(8-4-1)15-17-23-21-11-13-22(14-12-21)24-18-16-20-9-5-2-6-10-20/h1,3-4,7-8,11-14,20,23H,2,5-6,9-10,15-18H2. The molecule has 0 radical (unpaired) electrons. The predicted molar refractivity (Wildman–Crippen MR) is 102 cm³/mol. The third-order valence-electron chi connectivity index (χ3n) is 4.96. The number of nitrogens with one attached hydrogen (secondary N) is 1. The van der Waals surface area contributed by atoms with Crippen molar-refractivity contribution in [3.63, 3.8) is 0 Å². The molecular weight excluding hydrogens is 294 g/mol. The average molecular weight is 323 g/mol. The van der Waals surface area contributed by atoms with Crippen molar-refractivity contribution < 1.29 is 4.74 Å². The van der Waals surface area contributed by atoms with E-state index < -0.39 is 0 Å².